The Labute approximate surface area is 267 Å². The first-order chi connectivity index (χ1) is 21.1. The molecule has 5 nitrogen and oxygen atoms in total. The molecule has 3 unspecified atom stereocenters. The molecular weight excluding hydrogens is 534 g/mol. The topological polar surface area (TPSA) is 89.8 Å². The van der Waals surface area contributed by atoms with E-state index in [1.54, 1.807) is 6.08 Å². The lowest BCUT2D eigenvalue weighted by Crippen LogP contribution is -2.48. The second kappa shape index (κ2) is 33.7. The van der Waals surface area contributed by atoms with Crippen molar-refractivity contribution < 1.29 is 20.1 Å². The van der Waals surface area contributed by atoms with Gasteiger partial charge in [0.1, 0.15) is 6.10 Å². The first-order valence-corrected chi connectivity index (χ1v) is 18.7. The van der Waals surface area contributed by atoms with Gasteiger partial charge in [0.05, 0.1) is 18.8 Å². The summed E-state index contributed by atoms with van der Waals surface area (Å²) >= 11 is 0. The highest BCUT2D eigenvalue weighted by Gasteiger charge is 2.22. The summed E-state index contributed by atoms with van der Waals surface area (Å²) in [6.07, 6.45) is 39.0. The van der Waals surface area contributed by atoms with Crippen LogP contribution in [0.4, 0.5) is 0 Å². The Bertz CT molecular complexity index is 635. The van der Waals surface area contributed by atoms with Gasteiger partial charge >= 0.3 is 0 Å². The standard InChI is InChI=1S/C38H73NO4/c1-3-5-7-9-11-13-15-17-19-21-22-24-26-28-30-32-36(41)35(34-40)39-38(43)37(42)33-31-29-27-25-23-20-18-16-14-12-10-8-6-4-2/h14,16,30,32,35-37,40-42H,3-13,15,17-29,31,33-34H2,1-2H3,(H,39,43)/b16-14-,32-30+. The van der Waals surface area contributed by atoms with Crippen molar-refractivity contribution in [1.29, 1.82) is 0 Å². The van der Waals surface area contributed by atoms with E-state index in [0.29, 0.717) is 6.42 Å². The molecule has 43 heavy (non-hydrogen) atoms. The van der Waals surface area contributed by atoms with Gasteiger partial charge in [-0.2, -0.15) is 0 Å². The highest BCUT2D eigenvalue weighted by molar-refractivity contribution is 5.80. The molecule has 5 heteroatoms. The van der Waals surface area contributed by atoms with Gasteiger partial charge in [0.2, 0.25) is 5.91 Å². The summed E-state index contributed by atoms with van der Waals surface area (Å²) in [6, 6.07) is -0.796. The number of amides is 1. The zero-order valence-corrected chi connectivity index (χ0v) is 28.6. The van der Waals surface area contributed by atoms with Crippen molar-refractivity contribution in [2.45, 2.75) is 205 Å². The van der Waals surface area contributed by atoms with Crippen molar-refractivity contribution in [2.24, 2.45) is 0 Å². The molecule has 0 bridgehead atoms. The fraction of sp³-hybridized carbons (Fsp3) is 0.868. The number of allylic oxidation sites excluding steroid dienone is 3. The molecule has 0 heterocycles. The largest absolute Gasteiger partial charge is 0.394 e. The van der Waals surface area contributed by atoms with Crippen LogP contribution in [0, 0.1) is 0 Å². The smallest absolute Gasteiger partial charge is 0.249 e. The monoisotopic (exact) mass is 608 g/mol. The Kier molecular flexibility index (Phi) is 32.8. The molecule has 0 fully saturated rings. The van der Waals surface area contributed by atoms with Gasteiger partial charge in [-0.05, 0) is 44.9 Å². The first kappa shape index (κ1) is 41.8. The maximum absolute atomic E-state index is 12.4. The van der Waals surface area contributed by atoms with Crippen LogP contribution in [-0.2, 0) is 4.79 Å². The lowest BCUT2D eigenvalue weighted by atomic mass is 10.0. The van der Waals surface area contributed by atoms with E-state index in [-0.39, 0.29) is 6.61 Å². The molecule has 0 aromatic rings. The van der Waals surface area contributed by atoms with Crippen LogP contribution in [0.15, 0.2) is 24.3 Å². The van der Waals surface area contributed by atoms with Crippen LogP contribution in [0.3, 0.4) is 0 Å². The fourth-order valence-electron chi connectivity index (χ4n) is 5.53. The van der Waals surface area contributed by atoms with E-state index in [2.05, 4.69) is 31.3 Å². The Morgan fingerprint density at radius 1 is 0.558 bits per heavy atom. The van der Waals surface area contributed by atoms with E-state index in [0.717, 1.165) is 32.1 Å². The molecule has 4 N–H and O–H groups in total. The summed E-state index contributed by atoms with van der Waals surface area (Å²) in [7, 11) is 0. The van der Waals surface area contributed by atoms with Crippen LogP contribution >= 0.6 is 0 Å². The molecule has 0 saturated carbocycles. The normalized spacial score (nSPS) is 14.1. The minimum absolute atomic E-state index is 0.364. The third-order valence-electron chi connectivity index (χ3n) is 8.54. The number of carbonyl (C=O) groups excluding carboxylic acids is 1. The highest BCUT2D eigenvalue weighted by Crippen LogP contribution is 2.14. The molecule has 0 aliphatic heterocycles. The van der Waals surface area contributed by atoms with E-state index < -0.39 is 24.2 Å². The van der Waals surface area contributed by atoms with Gasteiger partial charge in [-0.3, -0.25) is 4.79 Å². The summed E-state index contributed by atoms with van der Waals surface area (Å²) in [5.41, 5.74) is 0. The minimum Gasteiger partial charge on any atom is -0.394 e. The number of aliphatic hydroxyl groups is 3. The molecular formula is C38H73NO4. The van der Waals surface area contributed by atoms with Gasteiger partial charge in [0, 0.05) is 0 Å². The molecule has 3 atom stereocenters. The first-order valence-electron chi connectivity index (χ1n) is 18.7. The van der Waals surface area contributed by atoms with Gasteiger partial charge in [0.15, 0.2) is 0 Å². The zero-order valence-electron chi connectivity index (χ0n) is 28.6. The molecule has 254 valence electrons. The molecule has 0 radical (unpaired) electrons. The van der Waals surface area contributed by atoms with Crippen molar-refractivity contribution in [3.8, 4) is 0 Å². The molecule has 0 rings (SSSR count). The predicted octanol–water partition coefficient (Wildman–Crippen LogP) is 9.87. The van der Waals surface area contributed by atoms with Crippen molar-refractivity contribution in [2.75, 3.05) is 6.61 Å². The van der Waals surface area contributed by atoms with Crippen molar-refractivity contribution in [3.05, 3.63) is 24.3 Å². The molecule has 0 aliphatic rings. The SMILES string of the molecule is CCCCCC/C=C\CCCCCCCCC(O)C(=O)NC(CO)C(O)/C=C/CCCCCCCCCCCCCCC. The maximum atomic E-state index is 12.4. The van der Waals surface area contributed by atoms with Crippen LogP contribution in [0.1, 0.15) is 187 Å². The van der Waals surface area contributed by atoms with Gasteiger partial charge < -0.3 is 20.6 Å². The average molecular weight is 608 g/mol. The number of carbonyl (C=O) groups is 1. The van der Waals surface area contributed by atoms with Crippen LogP contribution in [0.5, 0.6) is 0 Å². The molecule has 0 spiro atoms. The molecule has 0 aromatic heterocycles. The van der Waals surface area contributed by atoms with Crippen LogP contribution in [0.2, 0.25) is 0 Å². The van der Waals surface area contributed by atoms with E-state index >= 15 is 0 Å². The van der Waals surface area contributed by atoms with E-state index in [4.69, 9.17) is 0 Å². The second-order valence-corrected chi connectivity index (χ2v) is 12.8. The van der Waals surface area contributed by atoms with Gasteiger partial charge in [-0.1, -0.05) is 167 Å². The maximum Gasteiger partial charge on any atom is 0.249 e. The molecule has 1 amide bonds. The third-order valence-corrected chi connectivity index (χ3v) is 8.54. The van der Waals surface area contributed by atoms with E-state index in [1.165, 1.54) is 135 Å². The lowest BCUT2D eigenvalue weighted by molar-refractivity contribution is -0.131. The van der Waals surface area contributed by atoms with Gasteiger partial charge in [-0.15, -0.1) is 0 Å². The minimum atomic E-state index is -1.10. The fourth-order valence-corrected chi connectivity index (χ4v) is 5.53. The number of nitrogens with one attached hydrogen (secondary N) is 1. The highest BCUT2D eigenvalue weighted by atomic mass is 16.3. The van der Waals surface area contributed by atoms with Gasteiger partial charge in [-0.25, -0.2) is 0 Å². The van der Waals surface area contributed by atoms with Crippen molar-refractivity contribution >= 4 is 5.91 Å². The van der Waals surface area contributed by atoms with Crippen LogP contribution in [-0.4, -0.2) is 46.1 Å². The molecule has 0 saturated heterocycles. The summed E-state index contributed by atoms with van der Waals surface area (Å²) < 4.78 is 0. The summed E-state index contributed by atoms with van der Waals surface area (Å²) in [5.74, 6) is -0.510. The molecule has 0 aliphatic carbocycles. The van der Waals surface area contributed by atoms with Crippen LogP contribution in [0.25, 0.3) is 0 Å². The zero-order chi connectivity index (χ0) is 31.6. The van der Waals surface area contributed by atoms with Crippen molar-refractivity contribution in [1.82, 2.24) is 5.32 Å². The summed E-state index contributed by atoms with van der Waals surface area (Å²) in [4.78, 5) is 12.4. The number of hydrogen-bond acceptors (Lipinski definition) is 4. The summed E-state index contributed by atoms with van der Waals surface area (Å²) in [6.45, 7) is 4.15. The quantitative estimate of drug-likeness (QED) is 0.0441. The Morgan fingerprint density at radius 3 is 1.37 bits per heavy atom. The second-order valence-electron chi connectivity index (χ2n) is 12.8. The Hall–Kier alpha value is -1.17. The van der Waals surface area contributed by atoms with Gasteiger partial charge in [0.25, 0.3) is 0 Å². The predicted molar refractivity (Wildman–Crippen MR) is 185 cm³/mol. The Balaban J connectivity index is 3.76. The average Bonchev–Trinajstić information content (AvgIpc) is 3.01. The number of aliphatic hydroxyl groups excluding tert-OH is 3. The lowest BCUT2D eigenvalue weighted by Gasteiger charge is -2.21. The molecule has 0 aromatic carbocycles. The number of hydrogen-bond donors (Lipinski definition) is 4. The summed E-state index contributed by atoms with van der Waals surface area (Å²) in [5, 5.41) is 32.9. The van der Waals surface area contributed by atoms with Crippen LogP contribution < -0.4 is 5.32 Å². The Morgan fingerprint density at radius 2 is 0.930 bits per heavy atom. The van der Waals surface area contributed by atoms with E-state index in [9.17, 15) is 20.1 Å². The number of rotatable bonds is 33. The van der Waals surface area contributed by atoms with Crippen molar-refractivity contribution in [3.63, 3.8) is 0 Å². The third kappa shape index (κ3) is 29.3. The number of unbranched alkanes of at least 4 members (excludes halogenated alkanes) is 23. The van der Waals surface area contributed by atoms with E-state index in [1.807, 2.05) is 6.08 Å².